The smallest absolute Gasteiger partial charge is 0.338 e. The monoisotopic (exact) mass is 258 g/mol. The van der Waals surface area contributed by atoms with E-state index in [9.17, 15) is 4.79 Å². The van der Waals surface area contributed by atoms with Crippen molar-refractivity contribution in [1.29, 1.82) is 0 Å². The van der Waals surface area contributed by atoms with Crippen molar-refractivity contribution in [3.63, 3.8) is 0 Å². The summed E-state index contributed by atoms with van der Waals surface area (Å²) in [5, 5.41) is 8.96. The zero-order chi connectivity index (χ0) is 12.8. The molecule has 0 unspecified atom stereocenters. The summed E-state index contributed by atoms with van der Waals surface area (Å²) in [6.07, 6.45) is 0.425. The first-order chi connectivity index (χ1) is 8.10. The molecule has 0 amide bonds. The van der Waals surface area contributed by atoms with Crippen LogP contribution >= 0.6 is 11.6 Å². The van der Waals surface area contributed by atoms with Crippen LogP contribution in [0.3, 0.4) is 0 Å². The Kier molecular flexibility index (Phi) is 5.25. The van der Waals surface area contributed by atoms with Crippen LogP contribution in [0.5, 0.6) is 5.75 Å². The minimum Gasteiger partial charge on any atom is -0.495 e. The number of esters is 1. The van der Waals surface area contributed by atoms with Gasteiger partial charge in [-0.3, -0.25) is 0 Å². The van der Waals surface area contributed by atoms with Crippen molar-refractivity contribution in [1.82, 2.24) is 0 Å². The molecule has 0 radical (unpaired) electrons. The highest BCUT2D eigenvalue weighted by atomic mass is 35.5. The van der Waals surface area contributed by atoms with Gasteiger partial charge in [-0.25, -0.2) is 4.79 Å². The lowest BCUT2D eigenvalue weighted by atomic mass is 10.1. The summed E-state index contributed by atoms with van der Waals surface area (Å²) in [7, 11) is 1.51. The Labute approximate surface area is 105 Å². The first kappa shape index (κ1) is 13.8. The normalized spacial score (nSPS) is 10.1. The molecule has 0 saturated carbocycles. The zero-order valence-corrected chi connectivity index (χ0v) is 10.6. The van der Waals surface area contributed by atoms with Gasteiger partial charge in [0.05, 0.1) is 24.3 Å². The highest BCUT2D eigenvalue weighted by Crippen LogP contribution is 2.28. The molecule has 0 atom stereocenters. The minimum atomic E-state index is -0.444. The number of aliphatic hydroxyl groups excluding tert-OH is 1. The van der Waals surface area contributed by atoms with Gasteiger partial charge >= 0.3 is 5.97 Å². The number of benzene rings is 1. The van der Waals surface area contributed by atoms with Crippen LogP contribution < -0.4 is 4.74 Å². The number of aryl methyl sites for hydroxylation is 1. The lowest BCUT2D eigenvalue weighted by molar-refractivity contribution is 0.0481. The van der Waals surface area contributed by atoms with Crippen molar-refractivity contribution in [3.05, 3.63) is 28.3 Å². The highest BCUT2D eigenvalue weighted by Gasteiger charge is 2.14. The maximum absolute atomic E-state index is 11.7. The first-order valence-corrected chi connectivity index (χ1v) is 5.60. The Morgan fingerprint density at radius 3 is 2.76 bits per heavy atom. The molecule has 4 nitrogen and oxygen atoms in total. The average Bonchev–Trinajstić information content (AvgIpc) is 2.31. The predicted molar refractivity (Wildman–Crippen MR) is 64.7 cm³/mol. The summed E-state index contributed by atoms with van der Waals surface area (Å²) in [5.41, 5.74) is 1.15. The van der Waals surface area contributed by atoms with E-state index in [0.717, 1.165) is 5.56 Å². The summed E-state index contributed by atoms with van der Waals surface area (Å²) in [6, 6.07) is 3.21. The summed E-state index contributed by atoms with van der Waals surface area (Å²) in [4.78, 5) is 11.7. The van der Waals surface area contributed by atoms with Gasteiger partial charge < -0.3 is 14.6 Å². The maximum atomic E-state index is 11.7. The van der Waals surface area contributed by atoms with Crippen LogP contribution in [-0.4, -0.2) is 31.4 Å². The molecule has 0 heterocycles. The van der Waals surface area contributed by atoms with Gasteiger partial charge in [0, 0.05) is 13.0 Å². The van der Waals surface area contributed by atoms with Crippen LogP contribution in [0.2, 0.25) is 5.02 Å². The second-order valence-electron chi connectivity index (χ2n) is 3.51. The van der Waals surface area contributed by atoms with Gasteiger partial charge in [0.1, 0.15) is 5.75 Å². The number of rotatable bonds is 5. The molecule has 94 valence electrons. The topological polar surface area (TPSA) is 55.8 Å². The fourth-order valence-electron chi connectivity index (χ4n) is 1.34. The zero-order valence-electron chi connectivity index (χ0n) is 9.83. The Balaban J connectivity index is 2.83. The standard InChI is InChI=1S/C12H15ClO4/c1-8-6-11(16-2)10(13)7-9(8)12(15)17-5-3-4-14/h6-7,14H,3-5H2,1-2H3. The molecule has 0 fully saturated rings. The van der Waals surface area contributed by atoms with E-state index < -0.39 is 5.97 Å². The highest BCUT2D eigenvalue weighted by molar-refractivity contribution is 6.32. The third-order valence-corrected chi connectivity index (χ3v) is 2.55. The second kappa shape index (κ2) is 6.47. The summed E-state index contributed by atoms with van der Waals surface area (Å²) < 4.78 is 10.0. The van der Waals surface area contributed by atoms with E-state index >= 15 is 0 Å². The van der Waals surface area contributed by atoms with Gasteiger partial charge in [-0.2, -0.15) is 0 Å². The van der Waals surface area contributed by atoms with Crippen molar-refractivity contribution < 1.29 is 19.4 Å². The molecule has 1 aromatic carbocycles. The predicted octanol–water partition coefficient (Wildman–Crippen LogP) is 2.20. The van der Waals surface area contributed by atoms with Gasteiger partial charge in [0.25, 0.3) is 0 Å². The molecule has 5 heteroatoms. The summed E-state index contributed by atoms with van der Waals surface area (Å²) in [6.45, 7) is 1.97. The molecule has 0 spiro atoms. The molecule has 0 saturated heterocycles. The van der Waals surface area contributed by atoms with Gasteiger partial charge in [0.2, 0.25) is 0 Å². The number of carbonyl (C=O) groups excluding carboxylic acids is 1. The van der Waals surface area contributed by atoms with Crippen LogP contribution in [0.1, 0.15) is 22.3 Å². The molecule has 1 aromatic rings. The van der Waals surface area contributed by atoms with E-state index in [1.165, 1.54) is 13.2 Å². The molecule has 0 aliphatic heterocycles. The van der Waals surface area contributed by atoms with E-state index in [-0.39, 0.29) is 13.2 Å². The molecule has 17 heavy (non-hydrogen) atoms. The van der Waals surface area contributed by atoms with E-state index in [0.29, 0.717) is 22.8 Å². The third-order valence-electron chi connectivity index (χ3n) is 2.25. The molecular weight excluding hydrogens is 244 g/mol. The maximum Gasteiger partial charge on any atom is 0.338 e. The SMILES string of the molecule is COc1cc(C)c(C(=O)OCCCO)cc1Cl. The number of carbonyl (C=O) groups is 1. The van der Waals surface area contributed by atoms with Crippen molar-refractivity contribution in [3.8, 4) is 5.75 Å². The number of ether oxygens (including phenoxy) is 2. The fourth-order valence-corrected chi connectivity index (χ4v) is 1.58. The molecule has 1 rings (SSSR count). The van der Waals surface area contributed by atoms with Crippen LogP contribution in [0.15, 0.2) is 12.1 Å². The quantitative estimate of drug-likeness (QED) is 0.650. The van der Waals surface area contributed by atoms with Gasteiger partial charge in [-0.05, 0) is 24.6 Å². The number of halogens is 1. The molecule has 0 bridgehead atoms. The van der Waals surface area contributed by atoms with Crippen LogP contribution in [0, 0.1) is 6.92 Å². The number of hydrogen-bond acceptors (Lipinski definition) is 4. The number of hydrogen-bond donors (Lipinski definition) is 1. The van der Waals surface area contributed by atoms with E-state index in [4.69, 9.17) is 26.2 Å². The van der Waals surface area contributed by atoms with Crippen molar-refractivity contribution in [2.24, 2.45) is 0 Å². The molecule has 0 aliphatic rings. The fraction of sp³-hybridized carbons (Fsp3) is 0.417. The Hall–Kier alpha value is -1.26. The summed E-state index contributed by atoms with van der Waals surface area (Å²) >= 11 is 5.93. The largest absolute Gasteiger partial charge is 0.495 e. The minimum absolute atomic E-state index is 0.00433. The van der Waals surface area contributed by atoms with Crippen LogP contribution in [0.4, 0.5) is 0 Å². The van der Waals surface area contributed by atoms with Crippen LogP contribution in [0.25, 0.3) is 0 Å². The molecule has 0 aromatic heterocycles. The van der Waals surface area contributed by atoms with Gasteiger partial charge in [0.15, 0.2) is 0 Å². The van der Waals surface area contributed by atoms with Crippen LogP contribution in [-0.2, 0) is 4.74 Å². The summed E-state index contributed by atoms with van der Waals surface area (Å²) in [5.74, 6) is 0.0802. The van der Waals surface area contributed by atoms with Crippen molar-refractivity contribution >= 4 is 17.6 Å². The Bertz CT molecular complexity index is 404. The number of aliphatic hydroxyl groups is 1. The van der Waals surface area contributed by atoms with Gasteiger partial charge in [-0.15, -0.1) is 0 Å². The van der Waals surface area contributed by atoms with Crippen molar-refractivity contribution in [2.45, 2.75) is 13.3 Å². The Morgan fingerprint density at radius 2 is 2.18 bits per heavy atom. The third kappa shape index (κ3) is 3.61. The van der Waals surface area contributed by atoms with E-state index in [1.54, 1.807) is 13.0 Å². The van der Waals surface area contributed by atoms with E-state index in [2.05, 4.69) is 0 Å². The average molecular weight is 259 g/mol. The lowest BCUT2D eigenvalue weighted by Crippen LogP contribution is -2.09. The lowest BCUT2D eigenvalue weighted by Gasteiger charge is -2.09. The number of methoxy groups -OCH3 is 1. The molecule has 0 aliphatic carbocycles. The second-order valence-corrected chi connectivity index (χ2v) is 3.92. The Morgan fingerprint density at radius 1 is 1.47 bits per heavy atom. The molecular formula is C12H15ClO4. The molecule has 1 N–H and O–H groups in total. The first-order valence-electron chi connectivity index (χ1n) is 5.22. The van der Waals surface area contributed by atoms with E-state index in [1.807, 2.05) is 0 Å². The van der Waals surface area contributed by atoms with Gasteiger partial charge in [-0.1, -0.05) is 11.6 Å². The van der Waals surface area contributed by atoms with Crippen molar-refractivity contribution in [2.75, 3.05) is 20.3 Å².